The predicted octanol–water partition coefficient (Wildman–Crippen LogP) is 2.41. The summed E-state index contributed by atoms with van der Waals surface area (Å²) in [6, 6.07) is 14.6. The van der Waals surface area contributed by atoms with Crippen molar-refractivity contribution in [1.29, 1.82) is 5.26 Å². The van der Waals surface area contributed by atoms with E-state index in [2.05, 4.69) is 10.1 Å². The van der Waals surface area contributed by atoms with Crippen LogP contribution in [-0.2, 0) is 0 Å². The summed E-state index contributed by atoms with van der Waals surface area (Å²) < 4.78 is 1.33. The Hall–Kier alpha value is -3.13. The maximum Gasteiger partial charge on any atom is 0.273 e. The molecule has 5 nitrogen and oxygen atoms in total. The molecule has 3 aromatic rings. The molecule has 0 bridgehead atoms. The number of nitrogens with zero attached hydrogens (tertiary/aromatic N) is 3. The second kappa shape index (κ2) is 5.10. The molecule has 0 saturated carbocycles. The van der Waals surface area contributed by atoms with E-state index in [0.717, 1.165) is 11.1 Å². The second-order valence-corrected chi connectivity index (χ2v) is 4.72. The Morgan fingerprint density at radius 2 is 1.95 bits per heavy atom. The van der Waals surface area contributed by atoms with Gasteiger partial charge in [-0.3, -0.25) is 9.89 Å². The van der Waals surface area contributed by atoms with Crippen molar-refractivity contribution in [2.75, 3.05) is 0 Å². The number of hydrogen-bond donors (Lipinski definition) is 1. The minimum Gasteiger partial charge on any atom is -0.289 e. The van der Waals surface area contributed by atoms with Gasteiger partial charge < -0.3 is 0 Å². The summed E-state index contributed by atoms with van der Waals surface area (Å²) >= 11 is 0. The third-order valence-electron chi connectivity index (χ3n) is 3.19. The average molecular weight is 276 g/mol. The fourth-order valence-electron chi connectivity index (χ4n) is 2.06. The molecule has 1 N–H and O–H groups in total. The first-order valence-electron chi connectivity index (χ1n) is 6.43. The van der Waals surface area contributed by atoms with Gasteiger partial charge in [-0.05, 0) is 18.6 Å². The van der Waals surface area contributed by atoms with Crippen LogP contribution in [0.1, 0.15) is 11.1 Å². The van der Waals surface area contributed by atoms with Gasteiger partial charge >= 0.3 is 0 Å². The molecule has 2 aromatic heterocycles. The Morgan fingerprint density at radius 3 is 2.67 bits per heavy atom. The first-order chi connectivity index (χ1) is 10.2. The van der Waals surface area contributed by atoms with Gasteiger partial charge in [-0.25, -0.2) is 9.67 Å². The summed E-state index contributed by atoms with van der Waals surface area (Å²) in [4.78, 5) is 16.2. The van der Waals surface area contributed by atoms with Gasteiger partial charge in [-0.1, -0.05) is 29.8 Å². The number of aromatic amines is 1. The predicted molar refractivity (Wildman–Crippen MR) is 79.1 cm³/mol. The van der Waals surface area contributed by atoms with Crippen molar-refractivity contribution in [1.82, 2.24) is 14.8 Å². The van der Waals surface area contributed by atoms with Crippen molar-refractivity contribution in [2.45, 2.75) is 6.92 Å². The third kappa shape index (κ3) is 2.47. The largest absolute Gasteiger partial charge is 0.289 e. The van der Waals surface area contributed by atoms with Gasteiger partial charge in [0.2, 0.25) is 0 Å². The van der Waals surface area contributed by atoms with E-state index < -0.39 is 0 Å². The molecule has 2 heterocycles. The van der Waals surface area contributed by atoms with Crippen molar-refractivity contribution >= 4 is 0 Å². The van der Waals surface area contributed by atoms with Crippen LogP contribution < -0.4 is 5.56 Å². The van der Waals surface area contributed by atoms with Crippen LogP contribution >= 0.6 is 0 Å². The van der Waals surface area contributed by atoms with E-state index in [1.165, 1.54) is 16.9 Å². The lowest BCUT2D eigenvalue weighted by molar-refractivity contribution is 0.821. The minimum absolute atomic E-state index is 0.215. The molecule has 0 aliphatic heterocycles. The number of nitrogens with one attached hydrogen (secondary N) is 1. The molecule has 0 spiro atoms. The van der Waals surface area contributed by atoms with Crippen LogP contribution in [0.3, 0.4) is 0 Å². The summed E-state index contributed by atoms with van der Waals surface area (Å²) in [6.07, 6.45) is 1.51. The van der Waals surface area contributed by atoms with Gasteiger partial charge in [0.05, 0.1) is 17.3 Å². The molecule has 0 aliphatic rings. The van der Waals surface area contributed by atoms with Gasteiger partial charge in [-0.15, -0.1) is 0 Å². The zero-order valence-electron chi connectivity index (χ0n) is 11.4. The molecule has 0 fully saturated rings. The van der Waals surface area contributed by atoms with Crippen LogP contribution in [-0.4, -0.2) is 14.8 Å². The summed E-state index contributed by atoms with van der Waals surface area (Å²) in [5.41, 5.74) is 3.03. The molecule has 1 aromatic carbocycles. The number of aryl methyl sites for hydroxylation is 1. The molecule has 0 radical (unpaired) electrons. The number of aromatic nitrogens is 3. The van der Waals surface area contributed by atoms with Gasteiger partial charge in [0.15, 0.2) is 5.82 Å². The van der Waals surface area contributed by atoms with Crippen LogP contribution in [0, 0.1) is 18.3 Å². The Morgan fingerprint density at radius 1 is 1.19 bits per heavy atom. The van der Waals surface area contributed by atoms with E-state index in [0.29, 0.717) is 17.1 Å². The summed E-state index contributed by atoms with van der Waals surface area (Å²) in [7, 11) is 0. The molecule has 5 heteroatoms. The average Bonchev–Trinajstić information content (AvgIpc) is 2.90. The molecule has 0 unspecified atom stereocenters. The number of nitriles is 1. The van der Waals surface area contributed by atoms with Gasteiger partial charge in [0.25, 0.3) is 5.56 Å². The van der Waals surface area contributed by atoms with E-state index in [1.807, 2.05) is 37.3 Å². The highest BCUT2D eigenvalue weighted by atomic mass is 16.1. The molecule has 21 heavy (non-hydrogen) atoms. The van der Waals surface area contributed by atoms with Gasteiger partial charge in [-0.2, -0.15) is 5.26 Å². The molecule has 3 rings (SSSR count). The number of hydrogen-bond acceptors (Lipinski definition) is 3. The topological polar surface area (TPSA) is 74.5 Å². The monoisotopic (exact) mass is 276 g/mol. The second-order valence-electron chi connectivity index (χ2n) is 4.72. The Bertz CT molecular complexity index is 882. The van der Waals surface area contributed by atoms with E-state index in [4.69, 9.17) is 5.26 Å². The van der Waals surface area contributed by atoms with Crippen molar-refractivity contribution in [3.05, 3.63) is 70.1 Å². The quantitative estimate of drug-likeness (QED) is 0.781. The molecule has 0 aliphatic carbocycles. The first-order valence-corrected chi connectivity index (χ1v) is 6.43. The van der Waals surface area contributed by atoms with Crippen molar-refractivity contribution in [3.8, 4) is 23.1 Å². The minimum atomic E-state index is -0.215. The molecule has 0 amide bonds. The summed E-state index contributed by atoms with van der Waals surface area (Å²) in [5.74, 6) is 0.400. The van der Waals surface area contributed by atoms with Crippen LogP contribution in [0.15, 0.2) is 53.5 Å². The Kier molecular flexibility index (Phi) is 3.13. The van der Waals surface area contributed by atoms with E-state index >= 15 is 0 Å². The molecular weight excluding hydrogens is 264 g/mol. The van der Waals surface area contributed by atoms with Gasteiger partial charge in [0, 0.05) is 18.3 Å². The zero-order chi connectivity index (χ0) is 14.8. The molecule has 102 valence electrons. The fourth-order valence-corrected chi connectivity index (χ4v) is 2.06. The molecular formula is C16H12N4O. The zero-order valence-corrected chi connectivity index (χ0v) is 11.4. The van der Waals surface area contributed by atoms with Crippen LogP contribution in [0.5, 0.6) is 0 Å². The van der Waals surface area contributed by atoms with Crippen LogP contribution in [0.2, 0.25) is 0 Å². The summed E-state index contributed by atoms with van der Waals surface area (Å²) in [5, 5.41) is 11.9. The number of H-pyrrole nitrogens is 1. The lowest BCUT2D eigenvalue weighted by Gasteiger charge is -2.02. The van der Waals surface area contributed by atoms with Gasteiger partial charge in [0.1, 0.15) is 0 Å². The van der Waals surface area contributed by atoms with E-state index in [1.54, 1.807) is 12.1 Å². The standard InChI is InChI=1S/C16H12N4O/c1-11-2-4-13(5-3-11)14-9-16(21)20(19-14)15-8-12(10-17)6-7-18-15/h2-9,19H,1H3. The maximum atomic E-state index is 12.1. The SMILES string of the molecule is Cc1ccc(-c2cc(=O)n(-c3cc(C#N)ccn3)[nH]2)cc1. The number of benzene rings is 1. The highest BCUT2D eigenvalue weighted by Crippen LogP contribution is 2.16. The highest BCUT2D eigenvalue weighted by Gasteiger charge is 2.08. The van der Waals surface area contributed by atoms with Crippen molar-refractivity contribution < 1.29 is 0 Å². The lowest BCUT2D eigenvalue weighted by atomic mass is 10.1. The highest BCUT2D eigenvalue weighted by molar-refractivity contribution is 5.59. The third-order valence-corrected chi connectivity index (χ3v) is 3.19. The first kappa shape index (κ1) is 12.9. The number of pyridine rings is 1. The maximum absolute atomic E-state index is 12.1. The number of rotatable bonds is 2. The summed E-state index contributed by atoms with van der Waals surface area (Å²) in [6.45, 7) is 2.01. The smallest absolute Gasteiger partial charge is 0.273 e. The lowest BCUT2D eigenvalue weighted by Crippen LogP contribution is -2.14. The van der Waals surface area contributed by atoms with E-state index in [9.17, 15) is 4.79 Å². The van der Waals surface area contributed by atoms with Crippen LogP contribution in [0.4, 0.5) is 0 Å². The van der Waals surface area contributed by atoms with Crippen LogP contribution in [0.25, 0.3) is 17.1 Å². The van der Waals surface area contributed by atoms with Crippen molar-refractivity contribution in [2.24, 2.45) is 0 Å². The normalized spacial score (nSPS) is 10.3. The Balaban J connectivity index is 2.07. The molecule has 0 saturated heterocycles. The Labute approximate surface area is 121 Å². The fraction of sp³-hybridized carbons (Fsp3) is 0.0625. The molecule has 0 atom stereocenters. The van der Waals surface area contributed by atoms with Crippen molar-refractivity contribution in [3.63, 3.8) is 0 Å². The van der Waals surface area contributed by atoms with E-state index in [-0.39, 0.29) is 5.56 Å².